The lowest BCUT2D eigenvalue weighted by Gasteiger charge is -2.25. The van der Waals surface area contributed by atoms with E-state index in [9.17, 15) is 13.0 Å². The molecule has 1 aromatic rings. The van der Waals surface area contributed by atoms with E-state index in [-0.39, 0.29) is 10.3 Å². The fourth-order valence-electron chi connectivity index (χ4n) is 2.08. The van der Waals surface area contributed by atoms with Crippen LogP contribution in [0.3, 0.4) is 0 Å². The van der Waals surface area contributed by atoms with Crippen LogP contribution in [0.2, 0.25) is 0 Å². The van der Waals surface area contributed by atoms with Crippen LogP contribution in [0.5, 0.6) is 5.75 Å². The molecule has 0 atom stereocenters. The maximum Gasteiger partial charge on any atom is 0.295 e. The van der Waals surface area contributed by atoms with Crippen LogP contribution in [0, 0.1) is 13.8 Å². The Hall–Kier alpha value is -0.760. The lowest BCUT2D eigenvalue weighted by atomic mass is 9.84. The summed E-state index contributed by atoms with van der Waals surface area (Å²) in [5.74, 6) is 0.324. The summed E-state index contributed by atoms with van der Waals surface area (Å²) in [6.45, 7) is 9.19. The third-order valence-corrected chi connectivity index (χ3v) is 4.24. The molecule has 0 aliphatic heterocycles. The van der Waals surface area contributed by atoms with Crippen molar-refractivity contribution >= 4 is 22.2 Å². The Kier molecular flexibility index (Phi) is 5.13. The van der Waals surface area contributed by atoms with E-state index in [1.54, 1.807) is 26.2 Å². The zero-order chi connectivity index (χ0) is 15.7. The standard InChI is InChI=1S/C13H20O5S2/c1-8-7-10(13(3,4)5)11(17-18-19-6)9(2)12(8)20(14,15)16/h7H,1-6H3,(H,14,15,16). The number of hydrogen-bond donors (Lipinski definition) is 1. The van der Waals surface area contributed by atoms with Crippen LogP contribution in [0.25, 0.3) is 0 Å². The highest BCUT2D eigenvalue weighted by molar-refractivity contribution is 7.93. The topological polar surface area (TPSA) is 72.8 Å². The summed E-state index contributed by atoms with van der Waals surface area (Å²) in [5.41, 5.74) is 1.37. The van der Waals surface area contributed by atoms with Crippen molar-refractivity contribution in [2.24, 2.45) is 0 Å². The Morgan fingerprint density at radius 2 is 1.80 bits per heavy atom. The molecule has 1 N–H and O–H groups in total. The van der Waals surface area contributed by atoms with Crippen molar-refractivity contribution in [1.29, 1.82) is 0 Å². The number of rotatable bonds is 4. The molecule has 7 heteroatoms. The smallest absolute Gasteiger partial charge is 0.295 e. The molecule has 0 heterocycles. The molecule has 0 spiro atoms. The van der Waals surface area contributed by atoms with Crippen molar-refractivity contribution in [1.82, 2.24) is 0 Å². The van der Waals surface area contributed by atoms with E-state index in [4.69, 9.17) is 9.22 Å². The Bertz CT molecular complexity index is 600. The van der Waals surface area contributed by atoms with Crippen LogP contribution < -0.4 is 4.89 Å². The quantitative estimate of drug-likeness (QED) is 0.396. The number of benzene rings is 1. The first-order valence-electron chi connectivity index (χ1n) is 5.99. The largest absolute Gasteiger partial charge is 0.325 e. The van der Waals surface area contributed by atoms with Crippen LogP contribution in [0.1, 0.15) is 37.5 Å². The van der Waals surface area contributed by atoms with E-state index < -0.39 is 10.1 Å². The van der Waals surface area contributed by atoms with Crippen LogP contribution in [-0.4, -0.2) is 19.2 Å². The second-order valence-corrected chi connectivity index (χ2v) is 7.40. The van der Waals surface area contributed by atoms with Gasteiger partial charge >= 0.3 is 0 Å². The SMILES string of the molecule is CSOOc1c(C(C)(C)C)cc(C)c(S(=O)(=O)O)c1C. The first kappa shape index (κ1) is 17.3. The maximum atomic E-state index is 11.5. The summed E-state index contributed by atoms with van der Waals surface area (Å²) in [5, 5.41) is 0. The Morgan fingerprint density at radius 3 is 2.20 bits per heavy atom. The van der Waals surface area contributed by atoms with Crippen LogP contribution in [0.15, 0.2) is 11.0 Å². The molecule has 0 unspecified atom stereocenters. The lowest BCUT2D eigenvalue weighted by molar-refractivity contribution is -0.0795. The predicted molar refractivity (Wildman–Crippen MR) is 79.7 cm³/mol. The van der Waals surface area contributed by atoms with Crippen LogP contribution in [-0.2, 0) is 19.9 Å². The Morgan fingerprint density at radius 1 is 1.25 bits per heavy atom. The highest BCUT2D eigenvalue weighted by Crippen LogP contribution is 2.39. The molecule has 0 aliphatic rings. The molecule has 1 rings (SSSR count). The van der Waals surface area contributed by atoms with Gasteiger partial charge in [-0.1, -0.05) is 26.8 Å². The number of aryl methyl sites for hydroxylation is 1. The van der Waals surface area contributed by atoms with Gasteiger partial charge in [0.25, 0.3) is 10.1 Å². The van der Waals surface area contributed by atoms with Gasteiger partial charge in [-0.25, -0.2) is 0 Å². The van der Waals surface area contributed by atoms with E-state index in [0.29, 0.717) is 16.9 Å². The van der Waals surface area contributed by atoms with Gasteiger partial charge in [-0.15, -0.1) is 4.33 Å². The van der Waals surface area contributed by atoms with Gasteiger partial charge in [-0.3, -0.25) is 4.55 Å². The van der Waals surface area contributed by atoms with Crippen molar-refractivity contribution in [3.05, 3.63) is 22.8 Å². The average molecular weight is 320 g/mol. The molecule has 114 valence electrons. The fraction of sp³-hybridized carbons (Fsp3) is 0.538. The summed E-state index contributed by atoms with van der Waals surface area (Å²) < 4.78 is 37.3. The van der Waals surface area contributed by atoms with Gasteiger partial charge in [0.2, 0.25) is 0 Å². The minimum atomic E-state index is -4.32. The highest BCUT2D eigenvalue weighted by Gasteiger charge is 2.28. The minimum Gasteiger partial charge on any atom is -0.325 e. The van der Waals surface area contributed by atoms with Gasteiger partial charge in [0.1, 0.15) is 4.90 Å². The van der Waals surface area contributed by atoms with E-state index >= 15 is 0 Å². The van der Waals surface area contributed by atoms with Gasteiger partial charge in [0.05, 0.1) is 0 Å². The first-order chi connectivity index (χ1) is 9.00. The second kappa shape index (κ2) is 5.93. The molecule has 5 nitrogen and oxygen atoms in total. The molecule has 0 fully saturated rings. The van der Waals surface area contributed by atoms with Gasteiger partial charge < -0.3 is 4.89 Å². The normalized spacial score (nSPS) is 12.6. The first-order valence-corrected chi connectivity index (χ1v) is 8.58. The molecule has 0 radical (unpaired) electrons. The van der Waals surface area contributed by atoms with Crippen molar-refractivity contribution in [2.45, 2.75) is 44.9 Å². The third kappa shape index (κ3) is 3.66. The van der Waals surface area contributed by atoms with E-state index in [1.165, 1.54) is 0 Å². The van der Waals surface area contributed by atoms with Gasteiger partial charge in [0.15, 0.2) is 5.75 Å². The highest BCUT2D eigenvalue weighted by atomic mass is 32.2. The lowest BCUT2D eigenvalue weighted by Crippen LogP contribution is -2.16. The van der Waals surface area contributed by atoms with E-state index in [0.717, 1.165) is 17.6 Å². The van der Waals surface area contributed by atoms with Crippen molar-refractivity contribution in [3.63, 3.8) is 0 Å². The molecule has 20 heavy (non-hydrogen) atoms. The molecular formula is C13H20O5S2. The Balaban J connectivity index is 3.66. The third-order valence-electron chi connectivity index (χ3n) is 2.90. The van der Waals surface area contributed by atoms with Crippen molar-refractivity contribution < 1.29 is 22.2 Å². The van der Waals surface area contributed by atoms with Crippen LogP contribution >= 0.6 is 12.0 Å². The minimum absolute atomic E-state index is 0.134. The molecular weight excluding hydrogens is 300 g/mol. The summed E-state index contributed by atoms with van der Waals surface area (Å²) in [6.07, 6.45) is 1.68. The zero-order valence-corrected chi connectivity index (χ0v) is 14.1. The van der Waals surface area contributed by atoms with Gasteiger partial charge in [-0.05, 0) is 24.8 Å². The maximum absolute atomic E-state index is 11.5. The fourth-order valence-corrected chi connectivity index (χ4v) is 3.16. The van der Waals surface area contributed by atoms with Gasteiger partial charge in [0, 0.05) is 29.4 Å². The number of hydrogen-bond acceptors (Lipinski definition) is 5. The van der Waals surface area contributed by atoms with Crippen molar-refractivity contribution in [2.75, 3.05) is 6.26 Å². The summed E-state index contributed by atoms with van der Waals surface area (Å²) >= 11 is 1.01. The van der Waals surface area contributed by atoms with Crippen molar-refractivity contribution in [3.8, 4) is 5.75 Å². The van der Waals surface area contributed by atoms with Gasteiger partial charge in [-0.2, -0.15) is 8.42 Å². The summed E-state index contributed by atoms with van der Waals surface area (Å²) in [4.78, 5) is 5.09. The summed E-state index contributed by atoms with van der Waals surface area (Å²) in [6, 6.07) is 1.70. The molecule has 0 saturated heterocycles. The Labute approximate surface area is 124 Å². The predicted octanol–water partition coefficient (Wildman–Crippen LogP) is 3.44. The molecule has 0 saturated carbocycles. The second-order valence-electron chi connectivity index (χ2n) is 5.57. The van der Waals surface area contributed by atoms with E-state index in [2.05, 4.69) is 0 Å². The summed E-state index contributed by atoms with van der Waals surface area (Å²) in [7, 11) is -4.32. The zero-order valence-electron chi connectivity index (χ0n) is 12.5. The van der Waals surface area contributed by atoms with Crippen LogP contribution in [0.4, 0.5) is 0 Å². The monoisotopic (exact) mass is 320 g/mol. The van der Waals surface area contributed by atoms with E-state index in [1.807, 2.05) is 20.8 Å². The molecule has 0 amide bonds. The molecule has 0 aliphatic carbocycles. The molecule has 1 aromatic carbocycles. The molecule has 0 bridgehead atoms. The average Bonchev–Trinajstić information content (AvgIpc) is 2.24. The molecule has 0 aromatic heterocycles.